The second kappa shape index (κ2) is 5.91. The molecule has 1 atom stereocenters. The number of aromatic nitrogens is 1. The lowest BCUT2D eigenvalue weighted by atomic mass is 9.84. The summed E-state index contributed by atoms with van der Waals surface area (Å²) in [6.07, 6.45) is 0. The van der Waals surface area contributed by atoms with Crippen LogP contribution < -0.4 is 20.8 Å². The topological polar surface area (TPSA) is 110 Å². The number of pyridine rings is 1. The SMILES string of the molecule is COc1cc([C@@H]2C(C#N)=C(N)Oc3cc(C)n(C)c(=O)c32)ccc1O. The van der Waals surface area contributed by atoms with E-state index in [-0.39, 0.29) is 28.5 Å². The van der Waals surface area contributed by atoms with Crippen molar-refractivity contribution in [1.82, 2.24) is 4.57 Å². The van der Waals surface area contributed by atoms with Crippen molar-refractivity contribution in [2.75, 3.05) is 7.11 Å². The van der Waals surface area contributed by atoms with E-state index in [2.05, 4.69) is 0 Å². The standard InChI is InChI=1S/C18H17N3O4/c1-9-6-14-16(18(23)21(9)2)15(11(8-19)17(20)25-14)10-4-5-12(22)13(7-10)24-3/h4-7,15,22H,20H2,1-3H3/t15-/m1/s1. The molecule has 0 radical (unpaired) electrons. The third kappa shape index (κ3) is 2.48. The molecule has 2 aromatic rings. The number of nitrogens with zero attached hydrogens (tertiary/aromatic N) is 2. The zero-order valence-electron chi connectivity index (χ0n) is 14.0. The molecular weight excluding hydrogens is 322 g/mol. The molecular formula is C18H17N3O4. The Morgan fingerprint density at radius 2 is 2.12 bits per heavy atom. The van der Waals surface area contributed by atoms with Crippen LogP contribution in [0.5, 0.6) is 17.2 Å². The van der Waals surface area contributed by atoms with E-state index in [1.165, 1.54) is 17.7 Å². The Morgan fingerprint density at radius 1 is 1.40 bits per heavy atom. The summed E-state index contributed by atoms with van der Waals surface area (Å²) in [6.45, 7) is 1.78. The molecule has 0 aliphatic carbocycles. The van der Waals surface area contributed by atoms with Crippen LogP contribution in [0.25, 0.3) is 0 Å². The van der Waals surface area contributed by atoms with Gasteiger partial charge >= 0.3 is 0 Å². The minimum atomic E-state index is -0.706. The molecule has 1 aliphatic rings. The van der Waals surface area contributed by atoms with E-state index in [0.717, 1.165) is 0 Å². The van der Waals surface area contributed by atoms with Crippen LogP contribution in [-0.2, 0) is 7.05 Å². The van der Waals surface area contributed by atoms with Crippen molar-refractivity contribution in [2.24, 2.45) is 12.8 Å². The van der Waals surface area contributed by atoms with Crippen molar-refractivity contribution in [3.05, 3.63) is 62.9 Å². The van der Waals surface area contributed by atoms with Gasteiger partial charge in [-0.05, 0) is 24.6 Å². The Kier molecular flexibility index (Phi) is 3.89. The van der Waals surface area contributed by atoms with Crippen molar-refractivity contribution in [2.45, 2.75) is 12.8 Å². The molecule has 7 heteroatoms. The van der Waals surface area contributed by atoms with Gasteiger partial charge in [0.25, 0.3) is 5.56 Å². The fourth-order valence-electron chi connectivity index (χ4n) is 2.95. The molecule has 3 rings (SSSR count). The summed E-state index contributed by atoms with van der Waals surface area (Å²) in [4.78, 5) is 12.8. The van der Waals surface area contributed by atoms with Gasteiger partial charge in [0.2, 0.25) is 5.88 Å². The van der Waals surface area contributed by atoms with Crippen molar-refractivity contribution >= 4 is 0 Å². The monoisotopic (exact) mass is 339 g/mol. The average Bonchev–Trinajstić information content (AvgIpc) is 2.59. The van der Waals surface area contributed by atoms with Crippen LogP contribution in [0.2, 0.25) is 0 Å². The number of benzene rings is 1. The first-order valence-corrected chi connectivity index (χ1v) is 7.54. The van der Waals surface area contributed by atoms with Crippen molar-refractivity contribution < 1.29 is 14.6 Å². The predicted molar refractivity (Wildman–Crippen MR) is 90.4 cm³/mol. The van der Waals surface area contributed by atoms with Gasteiger partial charge in [-0.15, -0.1) is 0 Å². The number of nitriles is 1. The highest BCUT2D eigenvalue weighted by Gasteiger charge is 2.34. The first-order chi connectivity index (χ1) is 11.9. The Bertz CT molecular complexity index is 999. The minimum absolute atomic E-state index is 0.0363. The Labute approximate surface area is 144 Å². The number of nitrogens with two attached hydrogens (primary N) is 1. The van der Waals surface area contributed by atoms with E-state index in [0.29, 0.717) is 22.6 Å². The predicted octanol–water partition coefficient (Wildman–Crippen LogP) is 1.63. The maximum absolute atomic E-state index is 12.8. The van der Waals surface area contributed by atoms with Crippen LogP contribution in [0.4, 0.5) is 0 Å². The van der Waals surface area contributed by atoms with Gasteiger partial charge in [0.05, 0.1) is 18.6 Å². The maximum atomic E-state index is 12.8. The lowest BCUT2D eigenvalue weighted by molar-refractivity contribution is 0.372. The molecule has 1 aromatic heterocycles. The Hall–Kier alpha value is -3.40. The molecule has 0 saturated carbocycles. The number of aromatic hydroxyl groups is 1. The maximum Gasteiger partial charge on any atom is 0.258 e. The second-order valence-corrected chi connectivity index (χ2v) is 5.78. The van der Waals surface area contributed by atoms with Gasteiger partial charge in [-0.2, -0.15) is 5.26 Å². The number of aryl methyl sites for hydroxylation is 1. The van der Waals surface area contributed by atoms with Crippen molar-refractivity contribution in [1.29, 1.82) is 5.26 Å². The van der Waals surface area contributed by atoms with Gasteiger partial charge in [-0.3, -0.25) is 4.79 Å². The number of phenolic OH excluding ortho intramolecular Hbond substituents is 1. The molecule has 0 spiro atoms. The zero-order valence-corrected chi connectivity index (χ0v) is 14.0. The Morgan fingerprint density at radius 3 is 2.76 bits per heavy atom. The fraction of sp³-hybridized carbons (Fsp3) is 0.222. The number of hydrogen-bond acceptors (Lipinski definition) is 6. The molecule has 25 heavy (non-hydrogen) atoms. The van der Waals surface area contributed by atoms with Crippen molar-refractivity contribution in [3.8, 4) is 23.3 Å². The summed E-state index contributed by atoms with van der Waals surface area (Å²) in [5, 5.41) is 19.4. The molecule has 0 bridgehead atoms. The highest BCUT2D eigenvalue weighted by Crippen LogP contribution is 2.42. The van der Waals surface area contributed by atoms with Crippen LogP contribution >= 0.6 is 0 Å². The van der Waals surface area contributed by atoms with Crippen LogP contribution in [0.15, 0.2) is 40.5 Å². The molecule has 2 heterocycles. The summed E-state index contributed by atoms with van der Waals surface area (Å²) >= 11 is 0. The largest absolute Gasteiger partial charge is 0.504 e. The van der Waals surface area contributed by atoms with Crippen LogP contribution in [0.1, 0.15) is 22.7 Å². The van der Waals surface area contributed by atoms with Gasteiger partial charge in [-0.1, -0.05) is 6.07 Å². The molecule has 1 aliphatic heterocycles. The van der Waals surface area contributed by atoms with E-state index >= 15 is 0 Å². The number of rotatable bonds is 2. The van der Waals surface area contributed by atoms with Gasteiger partial charge in [0, 0.05) is 18.8 Å². The van der Waals surface area contributed by atoms with E-state index in [9.17, 15) is 15.2 Å². The molecule has 128 valence electrons. The highest BCUT2D eigenvalue weighted by molar-refractivity contribution is 5.57. The highest BCUT2D eigenvalue weighted by atomic mass is 16.5. The summed E-state index contributed by atoms with van der Waals surface area (Å²) in [5.41, 5.74) is 7.41. The van der Waals surface area contributed by atoms with Gasteiger partial charge < -0.3 is 24.9 Å². The first kappa shape index (κ1) is 16.5. The van der Waals surface area contributed by atoms with Crippen LogP contribution in [-0.4, -0.2) is 16.8 Å². The number of hydrogen-bond donors (Lipinski definition) is 2. The van der Waals surface area contributed by atoms with Gasteiger partial charge in [-0.25, -0.2) is 0 Å². The number of ether oxygens (including phenoxy) is 2. The molecule has 0 unspecified atom stereocenters. The summed E-state index contributed by atoms with van der Waals surface area (Å²) in [7, 11) is 3.08. The Balaban J connectivity index is 2.34. The van der Waals surface area contributed by atoms with Crippen LogP contribution in [0.3, 0.4) is 0 Å². The average molecular weight is 339 g/mol. The first-order valence-electron chi connectivity index (χ1n) is 7.54. The fourth-order valence-corrected chi connectivity index (χ4v) is 2.95. The summed E-state index contributed by atoms with van der Waals surface area (Å²) in [6, 6.07) is 8.41. The molecule has 0 fully saturated rings. The molecule has 7 nitrogen and oxygen atoms in total. The number of allylic oxidation sites excluding steroid dienone is 1. The summed E-state index contributed by atoms with van der Waals surface area (Å²) < 4.78 is 12.2. The molecule has 0 saturated heterocycles. The van der Waals surface area contributed by atoms with E-state index in [4.69, 9.17) is 15.2 Å². The van der Waals surface area contributed by atoms with Crippen LogP contribution in [0, 0.1) is 18.3 Å². The lowest BCUT2D eigenvalue weighted by Crippen LogP contribution is -2.31. The van der Waals surface area contributed by atoms with E-state index in [1.807, 2.05) is 6.07 Å². The molecule has 0 amide bonds. The van der Waals surface area contributed by atoms with E-state index in [1.54, 1.807) is 32.2 Å². The third-order valence-electron chi connectivity index (χ3n) is 4.39. The smallest absolute Gasteiger partial charge is 0.258 e. The third-order valence-corrected chi connectivity index (χ3v) is 4.39. The number of phenols is 1. The molecule has 1 aromatic carbocycles. The minimum Gasteiger partial charge on any atom is -0.504 e. The van der Waals surface area contributed by atoms with Crippen molar-refractivity contribution in [3.63, 3.8) is 0 Å². The second-order valence-electron chi connectivity index (χ2n) is 5.78. The molecule has 3 N–H and O–H groups in total. The quantitative estimate of drug-likeness (QED) is 0.860. The number of methoxy groups -OCH3 is 1. The van der Waals surface area contributed by atoms with Gasteiger partial charge in [0.1, 0.15) is 17.4 Å². The number of fused-ring (bicyclic) bond motifs is 1. The normalized spacial score (nSPS) is 16.0. The van der Waals surface area contributed by atoms with E-state index < -0.39 is 5.92 Å². The van der Waals surface area contributed by atoms with Gasteiger partial charge in [0.15, 0.2) is 11.5 Å². The summed E-state index contributed by atoms with van der Waals surface area (Å²) in [5.74, 6) is -0.215. The lowest BCUT2D eigenvalue weighted by Gasteiger charge is -2.27. The zero-order chi connectivity index (χ0) is 18.3.